The summed E-state index contributed by atoms with van der Waals surface area (Å²) in [6, 6.07) is 7.28. The molecular weight excluding hydrogens is 252 g/mol. The Morgan fingerprint density at radius 1 is 1.15 bits per heavy atom. The molecule has 0 amide bonds. The van der Waals surface area contributed by atoms with Crippen LogP contribution in [0.3, 0.4) is 0 Å². The molecule has 1 atom stereocenters. The van der Waals surface area contributed by atoms with Crippen LogP contribution in [-0.2, 0) is 17.8 Å². The number of aliphatic carboxylic acids is 1. The van der Waals surface area contributed by atoms with Gasteiger partial charge in [-0.15, -0.1) is 0 Å². The van der Waals surface area contributed by atoms with Gasteiger partial charge in [-0.25, -0.2) is 0 Å². The Kier molecular flexibility index (Phi) is 7.26. The first-order chi connectivity index (χ1) is 9.56. The topological polar surface area (TPSA) is 66.6 Å². The van der Waals surface area contributed by atoms with Gasteiger partial charge in [0.1, 0.15) is 6.04 Å². The van der Waals surface area contributed by atoms with Crippen molar-refractivity contribution >= 4 is 5.97 Å². The molecule has 0 spiro atoms. The Labute approximate surface area is 121 Å². The second kappa shape index (κ2) is 8.72. The van der Waals surface area contributed by atoms with Crippen LogP contribution in [0.5, 0.6) is 0 Å². The Morgan fingerprint density at radius 2 is 1.65 bits per heavy atom. The molecule has 0 heterocycles. The number of nitrogens with zero attached hydrogens (tertiary/aromatic N) is 1. The number of benzene rings is 1. The van der Waals surface area contributed by atoms with Gasteiger partial charge in [-0.05, 0) is 43.5 Å². The third kappa shape index (κ3) is 5.72. The normalized spacial score (nSPS) is 12.6. The number of carboxylic acid groups (broad SMARTS) is 1. The van der Waals surface area contributed by atoms with E-state index in [-0.39, 0.29) is 0 Å². The van der Waals surface area contributed by atoms with Gasteiger partial charge in [0, 0.05) is 6.54 Å². The maximum Gasteiger partial charge on any atom is 0.320 e. The van der Waals surface area contributed by atoms with Crippen molar-refractivity contribution < 1.29 is 9.90 Å². The maximum absolute atomic E-state index is 10.7. The Bertz CT molecular complexity index is 397. The molecule has 1 aromatic carbocycles. The van der Waals surface area contributed by atoms with Crippen molar-refractivity contribution in [2.75, 3.05) is 13.1 Å². The van der Waals surface area contributed by atoms with Crippen molar-refractivity contribution in [3.05, 3.63) is 35.4 Å². The summed E-state index contributed by atoms with van der Waals surface area (Å²) in [6.45, 7) is 7.56. The third-order valence-corrected chi connectivity index (χ3v) is 3.28. The van der Waals surface area contributed by atoms with Crippen molar-refractivity contribution in [1.82, 2.24) is 4.90 Å². The number of carbonyl (C=O) groups is 1. The van der Waals surface area contributed by atoms with E-state index in [0.717, 1.165) is 38.0 Å². The zero-order valence-electron chi connectivity index (χ0n) is 12.5. The highest BCUT2D eigenvalue weighted by Gasteiger charge is 2.12. The molecule has 3 N–H and O–H groups in total. The van der Waals surface area contributed by atoms with Crippen molar-refractivity contribution in [2.45, 2.75) is 45.7 Å². The van der Waals surface area contributed by atoms with Gasteiger partial charge >= 0.3 is 5.97 Å². The summed E-state index contributed by atoms with van der Waals surface area (Å²) < 4.78 is 0. The molecule has 0 radical (unpaired) electrons. The first-order valence-electron chi connectivity index (χ1n) is 7.35. The number of hydrogen-bond acceptors (Lipinski definition) is 3. The average molecular weight is 278 g/mol. The predicted octanol–water partition coefficient (Wildman–Crippen LogP) is 2.26. The van der Waals surface area contributed by atoms with E-state index in [9.17, 15) is 4.79 Å². The van der Waals surface area contributed by atoms with E-state index in [1.807, 2.05) is 12.1 Å². The van der Waals surface area contributed by atoms with Crippen molar-refractivity contribution in [1.29, 1.82) is 0 Å². The monoisotopic (exact) mass is 278 g/mol. The summed E-state index contributed by atoms with van der Waals surface area (Å²) in [5.74, 6) is -0.953. The Morgan fingerprint density at radius 3 is 2.10 bits per heavy atom. The van der Waals surface area contributed by atoms with Crippen LogP contribution in [-0.4, -0.2) is 35.1 Å². The summed E-state index contributed by atoms with van der Waals surface area (Å²) in [6.07, 6.45) is 2.69. The van der Waals surface area contributed by atoms with Crippen LogP contribution in [0.25, 0.3) is 0 Å². The van der Waals surface area contributed by atoms with Gasteiger partial charge in [-0.2, -0.15) is 0 Å². The standard InChI is InChI=1S/C16H26N2O2/c1-3-9-18(10-4-2)12-14-7-5-13(6-8-14)11-15(17)16(19)20/h5-8,15H,3-4,9-12,17H2,1-2H3,(H,19,20). The molecule has 0 saturated heterocycles. The quantitative estimate of drug-likeness (QED) is 0.727. The van der Waals surface area contributed by atoms with E-state index in [1.54, 1.807) is 0 Å². The summed E-state index contributed by atoms with van der Waals surface area (Å²) in [5.41, 5.74) is 7.78. The van der Waals surface area contributed by atoms with E-state index in [0.29, 0.717) is 6.42 Å². The van der Waals surface area contributed by atoms with Crippen LogP contribution in [0.1, 0.15) is 37.8 Å². The van der Waals surface area contributed by atoms with E-state index in [4.69, 9.17) is 10.8 Å². The van der Waals surface area contributed by atoms with Crippen LogP contribution in [0, 0.1) is 0 Å². The molecule has 112 valence electrons. The summed E-state index contributed by atoms with van der Waals surface area (Å²) in [4.78, 5) is 13.2. The maximum atomic E-state index is 10.7. The molecule has 0 fully saturated rings. The lowest BCUT2D eigenvalue weighted by molar-refractivity contribution is -0.138. The molecule has 4 heteroatoms. The minimum atomic E-state index is -0.953. The lowest BCUT2D eigenvalue weighted by Gasteiger charge is -2.21. The molecule has 1 rings (SSSR count). The van der Waals surface area contributed by atoms with Gasteiger partial charge in [0.15, 0.2) is 0 Å². The zero-order valence-corrected chi connectivity index (χ0v) is 12.5. The summed E-state index contributed by atoms with van der Waals surface area (Å²) in [5, 5.41) is 8.80. The first-order valence-corrected chi connectivity index (χ1v) is 7.35. The van der Waals surface area contributed by atoms with Crippen molar-refractivity contribution in [3.8, 4) is 0 Å². The van der Waals surface area contributed by atoms with Crippen LogP contribution < -0.4 is 5.73 Å². The van der Waals surface area contributed by atoms with Crippen molar-refractivity contribution in [3.63, 3.8) is 0 Å². The molecule has 0 aliphatic rings. The molecule has 0 aliphatic heterocycles. The van der Waals surface area contributed by atoms with E-state index in [1.165, 1.54) is 5.56 Å². The Balaban J connectivity index is 2.58. The number of carboxylic acids is 1. The highest BCUT2D eigenvalue weighted by molar-refractivity contribution is 5.73. The fraction of sp³-hybridized carbons (Fsp3) is 0.562. The van der Waals surface area contributed by atoms with Crippen LogP contribution in [0.4, 0.5) is 0 Å². The molecule has 1 aromatic rings. The van der Waals surface area contributed by atoms with Crippen molar-refractivity contribution in [2.24, 2.45) is 5.73 Å². The lowest BCUT2D eigenvalue weighted by atomic mass is 10.0. The van der Waals surface area contributed by atoms with E-state index < -0.39 is 12.0 Å². The summed E-state index contributed by atoms with van der Waals surface area (Å²) >= 11 is 0. The fourth-order valence-electron chi connectivity index (χ4n) is 2.28. The molecule has 0 bridgehead atoms. The third-order valence-electron chi connectivity index (χ3n) is 3.28. The van der Waals surface area contributed by atoms with Gasteiger partial charge in [0.25, 0.3) is 0 Å². The molecular formula is C16H26N2O2. The molecule has 1 unspecified atom stereocenters. The molecule has 20 heavy (non-hydrogen) atoms. The Hall–Kier alpha value is -1.39. The van der Waals surface area contributed by atoms with E-state index >= 15 is 0 Å². The average Bonchev–Trinajstić information content (AvgIpc) is 2.41. The SMILES string of the molecule is CCCN(CCC)Cc1ccc(CC(N)C(=O)O)cc1. The number of rotatable bonds is 9. The second-order valence-electron chi connectivity index (χ2n) is 5.24. The predicted molar refractivity (Wildman–Crippen MR) is 81.6 cm³/mol. The summed E-state index contributed by atoms with van der Waals surface area (Å²) in [7, 11) is 0. The smallest absolute Gasteiger partial charge is 0.320 e. The number of hydrogen-bond donors (Lipinski definition) is 2. The molecule has 0 aromatic heterocycles. The van der Waals surface area contributed by atoms with Gasteiger partial charge in [0.05, 0.1) is 0 Å². The minimum absolute atomic E-state index is 0.378. The van der Waals surface area contributed by atoms with Crippen LogP contribution in [0.2, 0.25) is 0 Å². The largest absolute Gasteiger partial charge is 0.480 e. The van der Waals surface area contributed by atoms with Gasteiger partial charge in [-0.3, -0.25) is 9.69 Å². The van der Waals surface area contributed by atoms with Crippen LogP contribution in [0.15, 0.2) is 24.3 Å². The van der Waals surface area contributed by atoms with Gasteiger partial charge in [-0.1, -0.05) is 38.1 Å². The molecule has 0 saturated carbocycles. The second-order valence-corrected chi connectivity index (χ2v) is 5.24. The van der Waals surface area contributed by atoms with Gasteiger partial charge < -0.3 is 10.8 Å². The highest BCUT2D eigenvalue weighted by Crippen LogP contribution is 2.10. The van der Waals surface area contributed by atoms with E-state index in [2.05, 4.69) is 30.9 Å². The lowest BCUT2D eigenvalue weighted by Crippen LogP contribution is -2.32. The highest BCUT2D eigenvalue weighted by atomic mass is 16.4. The molecule has 0 aliphatic carbocycles. The zero-order chi connectivity index (χ0) is 15.0. The fourth-order valence-corrected chi connectivity index (χ4v) is 2.28. The van der Waals surface area contributed by atoms with Crippen LogP contribution >= 0.6 is 0 Å². The number of nitrogens with two attached hydrogens (primary N) is 1. The minimum Gasteiger partial charge on any atom is -0.480 e. The molecule has 4 nitrogen and oxygen atoms in total. The first kappa shape index (κ1) is 16.7. The van der Waals surface area contributed by atoms with Gasteiger partial charge in [0.2, 0.25) is 0 Å².